The summed E-state index contributed by atoms with van der Waals surface area (Å²) in [5.41, 5.74) is 0. The number of ether oxygens (including phenoxy) is 2. The molecule has 0 aromatic heterocycles. The molecule has 15 heavy (non-hydrogen) atoms. The number of carbonyl (C=O) groups is 1. The fraction of sp³-hybridized carbons (Fsp3) is 0.909. The molecule has 4 heteroatoms. The van der Waals surface area contributed by atoms with E-state index in [9.17, 15) is 4.79 Å². The van der Waals surface area contributed by atoms with Crippen LogP contribution in [0.1, 0.15) is 19.8 Å². The van der Waals surface area contributed by atoms with Crippen molar-refractivity contribution in [2.75, 3.05) is 44.3 Å². The normalized spacial score (nSPS) is 12.5. The summed E-state index contributed by atoms with van der Waals surface area (Å²) in [5, 5.41) is 0. The van der Waals surface area contributed by atoms with E-state index in [4.69, 9.17) is 9.47 Å². The molecule has 0 aliphatic heterocycles. The predicted octanol–water partition coefficient (Wildman–Crippen LogP) is 2.04. The van der Waals surface area contributed by atoms with E-state index in [0.717, 1.165) is 19.4 Å². The van der Waals surface area contributed by atoms with Gasteiger partial charge in [-0.15, -0.1) is 0 Å². The van der Waals surface area contributed by atoms with E-state index in [1.165, 1.54) is 18.4 Å². The first kappa shape index (κ1) is 14.8. The standard InChI is InChI=1S/C11H24O3S/c1-11(12)14-8-6-10-15(3,4)9-5-7-13-2/h5-10H2,1-4H3. The third-order valence-corrected chi connectivity index (χ3v) is 4.98. The lowest BCUT2D eigenvalue weighted by Crippen LogP contribution is -2.11. The van der Waals surface area contributed by atoms with Crippen LogP contribution in [0, 0.1) is 0 Å². The lowest BCUT2D eigenvalue weighted by molar-refractivity contribution is -0.140. The SMILES string of the molecule is COCCCS(C)(C)CCCOC(C)=O. The van der Waals surface area contributed by atoms with E-state index >= 15 is 0 Å². The highest BCUT2D eigenvalue weighted by Gasteiger charge is 2.11. The number of methoxy groups -OCH3 is 1. The smallest absolute Gasteiger partial charge is 0.302 e. The van der Waals surface area contributed by atoms with Crippen molar-refractivity contribution >= 4 is 16.0 Å². The van der Waals surface area contributed by atoms with E-state index in [1.54, 1.807) is 7.11 Å². The van der Waals surface area contributed by atoms with Gasteiger partial charge in [-0.1, -0.05) is 0 Å². The van der Waals surface area contributed by atoms with E-state index in [-0.39, 0.29) is 5.97 Å². The molecule has 0 aromatic carbocycles. The molecule has 0 rings (SSSR count). The van der Waals surface area contributed by atoms with E-state index in [0.29, 0.717) is 6.61 Å². The Kier molecular flexibility index (Phi) is 7.88. The minimum Gasteiger partial charge on any atom is -0.466 e. The van der Waals surface area contributed by atoms with Crippen LogP contribution in [-0.2, 0) is 14.3 Å². The van der Waals surface area contributed by atoms with Gasteiger partial charge in [-0.05, 0) is 36.9 Å². The number of rotatable bonds is 8. The second kappa shape index (κ2) is 7.99. The monoisotopic (exact) mass is 236 g/mol. The molecule has 0 aromatic rings. The van der Waals surface area contributed by atoms with Gasteiger partial charge in [-0.3, -0.25) is 4.79 Å². The molecule has 0 atom stereocenters. The quantitative estimate of drug-likeness (QED) is 0.478. The zero-order valence-electron chi connectivity index (χ0n) is 10.4. The Morgan fingerprint density at radius 1 is 1.13 bits per heavy atom. The van der Waals surface area contributed by atoms with Crippen molar-refractivity contribution in [3.63, 3.8) is 0 Å². The van der Waals surface area contributed by atoms with Crippen LogP contribution in [-0.4, -0.2) is 50.3 Å². The van der Waals surface area contributed by atoms with Gasteiger partial charge in [0.15, 0.2) is 0 Å². The molecule has 0 unspecified atom stereocenters. The van der Waals surface area contributed by atoms with Gasteiger partial charge >= 0.3 is 5.97 Å². The molecule has 0 amide bonds. The van der Waals surface area contributed by atoms with Crippen molar-refractivity contribution in [2.45, 2.75) is 19.8 Å². The molecule has 0 aliphatic rings. The Bertz CT molecular complexity index is 181. The molecule has 0 saturated heterocycles. The van der Waals surface area contributed by atoms with Gasteiger partial charge in [0.2, 0.25) is 0 Å². The molecule has 0 bridgehead atoms. The molecule has 0 radical (unpaired) electrons. The van der Waals surface area contributed by atoms with Crippen LogP contribution in [0.25, 0.3) is 0 Å². The first-order valence-corrected chi connectivity index (χ1v) is 8.08. The zero-order valence-corrected chi connectivity index (χ0v) is 11.2. The Morgan fingerprint density at radius 3 is 2.13 bits per heavy atom. The first-order valence-electron chi connectivity index (χ1n) is 5.29. The summed E-state index contributed by atoms with van der Waals surface area (Å²) in [6.07, 6.45) is 6.77. The topological polar surface area (TPSA) is 35.5 Å². The number of esters is 1. The largest absolute Gasteiger partial charge is 0.466 e. The molecule has 0 aliphatic carbocycles. The molecule has 0 heterocycles. The predicted molar refractivity (Wildman–Crippen MR) is 66.9 cm³/mol. The molecule has 0 saturated carbocycles. The minimum absolute atomic E-state index is 0.179. The van der Waals surface area contributed by atoms with Gasteiger partial charge in [0.25, 0.3) is 0 Å². The maximum atomic E-state index is 10.5. The van der Waals surface area contributed by atoms with Gasteiger partial charge in [-0.25, -0.2) is 10.0 Å². The van der Waals surface area contributed by atoms with Crippen LogP contribution in [0.2, 0.25) is 0 Å². The van der Waals surface area contributed by atoms with E-state index < -0.39 is 10.0 Å². The van der Waals surface area contributed by atoms with Gasteiger partial charge in [0.1, 0.15) is 0 Å². The fourth-order valence-electron chi connectivity index (χ4n) is 1.36. The molecule has 92 valence electrons. The third-order valence-electron chi connectivity index (χ3n) is 2.19. The van der Waals surface area contributed by atoms with Crippen LogP contribution < -0.4 is 0 Å². The number of hydrogen-bond acceptors (Lipinski definition) is 3. The van der Waals surface area contributed by atoms with Crippen molar-refractivity contribution in [1.29, 1.82) is 0 Å². The van der Waals surface area contributed by atoms with Crippen LogP contribution in [0.5, 0.6) is 0 Å². The highest BCUT2D eigenvalue weighted by Crippen LogP contribution is 2.40. The fourth-order valence-corrected chi connectivity index (χ4v) is 3.36. The number of hydrogen-bond donors (Lipinski definition) is 0. The average molecular weight is 236 g/mol. The van der Waals surface area contributed by atoms with Crippen LogP contribution in [0.15, 0.2) is 0 Å². The molecular weight excluding hydrogens is 212 g/mol. The molecule has 3 nitrogen and oxygen atoms in total. The second-order valence-electron chi connectivity index (χ2n) is 4.22. The van der Waals surface area contributed by atoms with Gasteiger partial charge in [0.05, 0.1) is 6.61 Å². The van der Waals surface area contributed by atoms with Crippen LogP contribution in [0.4, 0.5) is 0 Å². The Morgan fingerprint density at radius 2 is 1.67 bits per heavy atom. The summed E-state index contributed by atoms with van der Waals surface area (Å²) >= 11 is 0. The third kappa shape index (κ3) is 10.1. The molecule has 0 fully saturated rings. The van der Waals surface area contributed by atoms with Crippen molar-refractivity contribution < 1.29 is 14.3 Å². The molecule has 0 spiro atoms. The summed E-state index contributed by atoms with van der Waals surface area (Å²) in [5.74, 6) is 2.23. The summed E-state index contributed by atoms with van der Waals surface area (Å²) in [4.78, 5) is 10.5. The second-order valence-corrected chi connectivity index (χ2v) is 8.57. The lowest BCUT2D eigenvalue weighted by Gasteiger charge is -2.31. The summed E-state index contributed by atoms with van der Waals surface area (Å²) in [6, 6.07) is 0. The minimum atomic E-state index is -0.523. The van der Waals surface area contributed by atoms with Crippen molar-refractivity contribution in [1.82, 2.24) is 0 Å². The lowest BCUT2D eigenvalue weighted by atomic mass is 10.5. The van der Waals surface area contributed by atoms with Gasteiger partial charge < -0.3 is 9.47 Å². The average Bonchev–Trinajstić information content (AvgIpc) is 2.13. The molecular formula is C11H24O3S. The Labute approximate surface area is 94.8 Å². The zero-order chi connectivity index (χ0) is 11.7. The van der Waals surface area contributed by atoms with Gasteiger partial charge in [0, 0.05) is 20.6 Å². The van der Waals surface area contributed by atoms with Crippen LogP contribution >= 0.6 is 10.0 Å². The van der Waals surface area contributed by atoms with E-state index in [1.807, 2.05) is 0 Å². The first-order chi connectivity index (χ1) is 6.98. The highest BCUT2D eigenvalue weighted by molar-refractivity contribution is 8.32. The van der Waals surface area contributed by atoms with Crippen molar-refractivity contribution in [3.8, 4) is 0 Å². The summed E-state index contributed by atoms with van der Waals surface area (Å²) < 4.78 is 9.95. The van der Waals surface area contributed by atoms with Crippen molar-refractivity contribution in [3.05, 3.63) is 0 Å². The van der Waals surface area contributed by atoms with Crippen LogP contribution in [0.3, 0.4) is 0 Å². The summed E-state index contributed by atoms with van der Waals surface area (Å²) in [7, 11) is 1.22. The Balaban J connectivity index is 3.50. The highest BCUT2D eigenvalue weighted by atomic mass is 32.3. The number of carbonyl (C=O) groups excluding carboxylic acids is 1. The van der Waals surface area contributed by atoms with Crippen molar-refractivity contribution in [2.24, 2.45) is 0 Å². The van der Waals surface area contributed by atoms with E-state index in [2.05, 4.69) is 12.5 Å². The van der Waals surface area contributed by atoms with Gasteiger partial charge in [-0.2, -0.15) is 0 Å². The summed E-state index contributed by atoms with van der Waals surface area (Å²) in [6.45, 7) is 2.87. The molecule has 0 N–H and O–H groups in total. The maximum absolute atomic E-state index is 10.5. The Hall–Kier alpha value is -0.220. The maximum Gasteiger partial charge on any atom is 0.302 e.